The average Bonchev–Trinajstić information content (AvgIpc) is 3.62. The quantitative estimate of drug-likeness (QED) is 0.0728. The lowest BCUT2D eigenvalue weighted by molar-refractivity contribution is -0.485. The van der Waals surface area contributed by atoms with Crippen LogP contribution in [0.15, 0.2) is 109 Å². The van der Waals surface area contributed by atoms with Gasteiger partial charge in [-0.1, -0.05) is 109 Å². The highest BCUT2D eigenvalue weighted by atomic mass is 16.6. The molecule has 2 aliphatic rings. The SMILES string of the molecule is CCOC(=O)[C@@]1([C@@H](C[N+](=O)[O-])c2ccccc2)Cc2ccccc2C1=O.CCOC(=O)[C@]1([C@@H](C[N+](=O)[O-])c2ccccc2)Cc2ccccc2C1=O. The number of hydrogen-bond donors (Lipinski definition) is 0. The van der Waals surface area contributed by atoms with Crippen LogP contribution in [-0.4, -0.2) is 59.7 Å². The Morgan fingerprint density at radius 3 is 1.23 bits per heavy atom. The molecular formula is C40H38N2O10. The van der Waals surface area contributed by atoms with E-state index in [1.807, 2.05) is 0 Å². The molecular weight excluding hydrogens is 668 g/mol. The number of Topliss-reactive ketones (excluding diaryl/α,β-unsaturated/α-hetero) is 2. The van der Waals surface area contributed by atoms with Gasteiger partial charge in [-0.05, 0) is 48.9 Å². The third kappa shape index (κ3) is 6.96. The zero-order valence-corrected chi connectivity index (χ0v) is 28.8. The Morgan fingerprint density at radius 2 is 0.923 bits per heavy atom. The first-order valence-electron chi connectivity index (χ1n) is 16.9. The van der Waals surface area contributed by atoms with Crippen molar-refractivity contribution in [2.75, 3.05) is 26.3 Å². The third-order valence-corrected chi connectivity index (χ3v) is 9.81. The molecule has 0 radical (unpaired) electrons. The molecule has 4 atom stereocenters. The molecule has 0 saturated heterocycles. The van der Waals surface area contributed by atoms with E-state index in [0.29, 0.717) is 22.3 Å². The van der Waals surface area contributed by atoms with Crippen molar-refractivity contribution >= 4 is 23.5 Å². The van der Waals surface area contributed by atoms with Crippen molar-refractivity contribution in [2.45, 2.75) is 38.5 Å². The van der Waals surface area contributed by atoms with Gasteiger partial charge in [0, 0.05) is 21.0 Å². The third-order valence-electron chi connectivity index (χ3n) is 9.81. The topological polar surface area (TPSA) is 173 Å². The number of benzene rings is 4. The van der Waals surface area contributed by atoms with E-state index in [1.54, 1.807) is 123 Å². The van der Waals surface area contributed by atoms with Crippen LogP contribution in [-0.2, 0) is 31.9 Å². The minimum atomic E-state index is -1.62. The Labute approximate surface area is 300 Å². The maximum absolute atomic E-state index is 13.3. The Morgan fingerprint density at radius 1 is 0.596 bits per heavy atom. The molecule has 4 aromatic carbocycles. The van der Waals surface area contributed by atoms with Gasteiger partial charge in [-0.25, -0.2) is 0 Å². The number of ketones is 2. The first kappa shape index (κ1) is 37.2. The van der Waals surface area contributed by atoms with Crippen molar-refractivity contribution in [3.05, 3.63) is 163 Å². The number of carbonyl (C=O) groups excluding carboxylic acids is 4. The highest BCUT2D eigenvalue weighted by molar-refractivity contribution is 6.17. The van der Waals surface area contributed by atoms with E-state index in [0.717, 1.165) is 11.1 Å². The average molecular weight is 707 g/mol. The van der Waals surface area contributed by atoms with Crippen LogP contribution in [0.5, 0.6) is 0 Å². The standard InChI is InChI=1S/2C20H19NO5/c2*1-2-26-19(23)20(12-15-10-6-7-11-16(15)18(20)22)17(13-21(24)25)14-8-4-3-5-9-14/h2*3-11,17H,2,12-13H2,1H3/t17-,20+;17-,20-/m00/s1. The smallest absolute Gasteiger partial charge is 0.321 e. The highest BCUT2D eigenvalue weighted by Crippen LogP contribution is 2.49. The molecule has 0 saturated carbocycles. The largest absolute Gasteiger partial charge is 0.465 e. The van der Waals surface area contributed by atoms with E-state index in [4.69, 9.17) is 9.47 Å². The Bertz CT molecular complexity index is 1840. The molecule has 12 nitrogen and oxygen atoms in total. The Balaban J connectivity index is 0.000000201. The molecule has 4 aromatic rings. The summed E-state index contributed by atoms with van der Waals surface area (Å²) < 4.78 is 10.5. The summed E-state index contributed by atoms with van der Waals surface area (Å²) in [6, 6.07) is 31.3. The molecule has 0 fully saturated rings. The summed E-state index contributed by atoms with van der Waals surface area (Å²) in [5.74, 6) is -4.01. The van der Waals surface area contributed by atoms with E-state index in [1.165, 1.54) is 0 Å². The number of esters is 2. The van der Waals surface area contributed by atoms with E-state index < -0.39 is 69.1 Å². The fourth-order valence-corrected chi connectivity index (χ4v) is 7.49. The summed E-state index contributed by atoms with van der Waals surface area (Å²) in [7, 11) is 0. The number of hydrogen-bond acceptors (Lipinski definition) is 10. The van der Waals surface area contributed by atoms with Crippen LogP contribution in [0.4, 0.5) is 0 Å². The monoisotopic (exact) mass is 706 g/mol. The van der Waals surface area contributed by atoms with Crippen LogP contribution >= 0.6 is 0 Å². The fraction of sp³-hybridized carbons (Fsp3) is 0.300. The summed E-state index contributed by atoms with van der Waals surface area (Å²) >= 11 is 0. The van der Waals surface area contributed by atoms with Gasteiger partial charge in [0.15, 0.2) is 11.6 Å². The molecule has 0 aliphatic heterocycles. The predicted molar refractivity (Wildman–Crippen MR) is 189 cm³/mol. The van der Waals surface area contributed by atoms with Gasteiger partial charge in [-0.2, -0.15) is 0 Å². The first-order chi connectivity index (χ1) is 25.0. The van der Waals surface area contributed by atoms with Crippen LogP contribution in [0.25, 0.3) is 0 Å². The number of rotatable bonds is 12. The Hall–Kier alpha value is -6.04. The maximum atomic E-state index is 13.3. The molecule has 0 spiro atoms. The second-order valence-corrected chi connectivity index (χ2v) is 12.7. The summed E-state index contributed by atoms with van der Waals surface area (Å²) in [5, 5.41) is 22.8. The fourth-order valence-electron chi connectivity index (χ4n) is 7.49. The Kier molecular flexibility index (Phi) is 11.4. The van der Waals surface area contributed by atoms with Crippen molar-refractivity contribution in [1.29, 1.82) is 0 Å². The van der Waals surface area contributed by atoms with Crippen molar-refractivity contribution in [3.8, 4) is 0 Å². The van der Waals surface area contributed by atoms with Gasteiger partial charge in [0.05, 0.1) is 25.0 Å². The zero-order valence-electron chi connectivity index (χ0n) is 28.8. The van der Waals surface area contributed by atoms with Gasteiger partial charge in [-0.3, -0.25) is 39.4 Å². The summed E-state index contributed by atoms with van der Waals surface area (Å²) in [4.78, 5) is 74.4. The lowest BCUT2D eigenvalue weighted by Crippen LogP contribution is -2.46. The second kappa shape index (κ2) is 15.9. The molecule has 6 rings (SSSR count). The number of ether oxygens (including phenoxy) is 2. The summed E-state index contributed by atoms with van der Waals surface area (Å²) in [6.45, 7) is 2.46. The number of fused-ring (bicyclic) bond motifs is 2. The molecule has 0 amide bonds. The molecule has 0 aromatic heterocycles. The van der Waals surface area contributed by atoms with E-state index in [9.17, 15) is 39.4 Å². The van der Waals surface area contributed by atoms with Gasteiger partial charge in [0.25, 0.3) is 0 Å². The minimum Gasteiger partial charge on any atom is -0.465 e. The number of nitro groups is 2. The second-order valence-electron chi connectivity index (χ2n) is 12.7. The zero-order chi connectivity index (χ0) is 37.5. The molecule has 268 valence electrons. The summed E-state index contributed by atoms with van der Waals surface area (Å²) in [6.07, 6.45) is 0.211. The summed E-state index contributed by atoms with van der Waals surface area (Å²) in [5.41, 5.74) is 0.235. The minimum absolute atomic E-state index is 0.101. The van der Waals surface area contributed by atoms with Gasteiger partial charge in [0.1, 0.15) is 10.8 Å². The molecule has 0 N–H and O–H groups in total. The van der Waals surface area contributed by atoms with E-state index in [-0.39, 0.29) is 26.1 Å². The van der Waals surface area contributed by atoms with Crippen molar-refractivity contribution in [1.82, 2.24) is 0 Å². The molecule has 2 aliphatic carbocycles. The highest BCUT2D eigenvalue weighted by Gasteiger charge is 2.60. The normalized spacial score (nSPS) is 19.7. The van der Waals surface area contributed by atoms with Gasteiger partial charge < -0.3 is 9.47 Å². The number of carbonyl (C=O) groups is 4. The van der Waals surface area contributed by atoms with Crippen molar-refractivity contribution in [2.24, 2.45) is 10.8 Å². The van der Waals surface area contributed by atoms with E-state index >= 15 is 0 Å². The molecule has 52 heavy (non-hydrogen) atoms. The van der Waals surface area contributed by atoms with Crippen molar-refractivity contribution < 1.29 is 38.5 Å². The van der Waals surface area contributed by atoms with Gasteiger partial charge >= 0.3 is 11.9 Å². The lowest BCUT2D eigenvalue weighted by Gasteiger charge is -2.31. The van der Waals surface area contributed by atoms with Crippen LogP contribution in [0, 0.1) is 31.1 Å². The van der Waals surface area contributed by atoms with Gasteiger partial charge in [0.2, 0.25) is 13.1 Å². The molecule has 0 unspecified atom stereocenters. The van der Waals surface area contributed by atoms with Gasteiger partial charge in [-0.15, -0.1) is 0 Å². The van der Waals surface area contributed by atoms with E-state index in [2.05, 4.69) is 0 Å². The van der Waals surface area contributed by atoms with Crippen LogP contribution < -0.4 is 0 Å². The number of nitrogens with zero attached hydrogens (tertiary/aromatic N) is 2. The lowest BCUT2D eigenvalue weighted by atomic mass is 9.69. The van der Waals surface area contributed by atoms with Crippen molar-refractivity contribution in [3.63, 3.8) is 0 Å². The van der Waals surface area contributed by atoms with Crippen LogP contribution in [0.2, 0.25) is 0 Å². The molecule has 0 bridgehead atoms. The predicted octanol–water partition coefficient (Wildman–Crippen LogP) is 6.07. The molecule has 0 heterocycles. The maximum Gasteiger partial charge on any atom is 0.321 e. The van der Waals surface area contributed by atoms with Crippen LogP contribution in [0.3, 0.4) is 0 Å². The van der Waals surface area contributed by atoms with Crippen LogP contribution in [0.1, 0.15) is 68.7 Å². The first-order valence-corrected chi connectivity index (χ1v) is 16.9. The molecule has 12 heteroatoms.